The number of hydrogen-bond donors (Lipinski definition) is 1. The van der Waals surface area contributed by atoms with Crippen LogP contribution in [-0.2, 0) is 16.1 Å². The number of carbonyl (C=O) groups is 1. The Morgan fingerprint density at radius 2 is 2.39 bits per heavy atom. The number of nitrogens with zero attached hydrogens (tertiary/aromatic N) is 2. The van der Waals surface area contributed by atoms with Crippen molar-refractivity contribution in [3.05, 3.63) is 27.1 Å². The Labute approximate surface area is 108 Å². The number of carboxylic acid groups (broad SMARTS) is 1. The van der Waals surface area contributed by atoms with Gasteiger partial charge >= 0.3 is 11.0 Å². The third-order valence-electron chi connectivity index (χ3n) is 2.20. The summed E-state index contributed by atoms with van der Waals surface area (Å²) < 4.78 is 4.89. The summed E-state index contributed by atoms with van der Waals surface area (Å²) in [5, 5.41) is 21.0. The Kier molecular flexibility index (Phi) is 5.69. The zero-order valence-corrected chi connectivity index (χ0v) is 10.7. The molecule has 1 aromatic heterocycles. The van der Waals surface area contributed by atoms with Gasteiger partial charge in [-0.1, -0.05) is 11.3 Å². The highest BCUT2D eigenvalue weighted by Crippen LogP contribution is 2.23. The number of carboxylic acids is 1. The fraction of sp³-hybridized carbons (Fsp3) is 0.500. The van der Waals surface area contributed by atoms with Crippen LogP contribution in [0.4, 0.5) is 5.00 Å². The highest BCUT2D eigenvalue weighted by molar-refractivity contribution is 7.13. The van der Waals surface area contributed by atoms with Crippen LogP contribution in [0.3, 0.4) is 0 Å². The number of thiophene rings is 1. The summed E-state index contributed by atoms with van der Waals surface area (Å²) in [4.78, 5) is 22.4. The number of aliphatic carboxylic acids is 1. The maximum Gasteiger partial charge on any atom is 0.324 e. The molecule has 7 nitrogen and oxygen atoms in total. The summed E-state index contributed by atoms with van der Waals surface area (Å²) in [6.07, 6.45) is 0. The van der Waals surface area contributed by atoms with Crippen LogP contribution in [0.15, 0.2) is 11.4 Å². The molecule has 8 heteroatoms. The molecule has 1 aromatic rings. The molecule has 0 unspecified atom stereocenters. The third-order valence-corrected chi connectivity index (χ3v) is 3.13. The van der Waals surface area contributed by atoms with E-state index < -0.39 is 10.9 Å². The average molecular weight is 274 g/mol. The average Bonchev–Trinajstić information content (AvgIpc) is 2.73. The van der Waals surface area contributed by atoms with Crippen LogP contribution in [0.25, 0.3) is 0 Å². The van der Waals surface area contributed by atoms with Crippen LogP contribution < -0.4 is 0 Å². The van der Waals surface area contributed by atoms with Crippen molar-refractivity contribution in [1.29, 1.82) is 0 Å². The molecule has 0 radical (unpaired) electrons. The van der Waals surface area contributed by atoms with E-state index in [2.05, 4.69) is 0 Å². The minimum absolute atomic E-state index is 0.0621. The minimum Gasteiger partial charge on any atom is -0.480 e. The van der Waals surface area contributed by atoms with Crippen molar-refractivity contribution in [3.63, 3.8) is 0 Å². The van der Waals surface area contributed by atoms with Gasteiger partial charge in [0.2, 0.25) is 0 Å². The SMILES string of the molecule is COCCN(CC(=O)O)Cc1csc([N+](=O)[O-])c1. The molecule has 0 aliphatic rings. The minimum atomic E-state index is -0.934. The molecule has 1 rings (SSSR count). The molecule has 0 aliphatic carbocycles. The maximum absolute atomic E-state index is 10.7. The predicted octanol–water partition coefficient (Wildman–Crippen LogP) is 1.19. The zero-order chi connectivity index (χ0) is 13.5. The van der Waals surface area contributed by atoms with Crippen LogP contribution in [0.5, 0.6) is 0 Å². The largest absolute Gasteiger partial charge is 0.480 e. The molecule has 0 bridgehead atoms. The standard InChI is InChI=1S/C10H14N2O5S/c1-17-3-2-11(6-10(13)14)5-8-4-9(12(15)16)18-7-8/h4,7H,2-3,5-6H2,1H3,(H,13,14). The lowest BCUT2D eigenvalue weighted by Gasteiger charge is -2.18. The molecule has 1 N–H and O–H groups in total. The predicted molar refractivity (Wildman–Crippen MR) is 65.8 cm³/mol. The first-order chi connectivity index (χ1) is 8.52. The molecule has 18 heavy (non-hydrogen) atoms. The highest BCUT2D eigenvalue weighted by atomic mass is 32.1. The molecule has 0 aliphatic heterocycles. The first-order valence-electron chi connectivity index (χ1n) is 5.18. The fourth-order valence-electron chi connectivity index (χ4n) is 1.43. The Morgan fingerprint density at radius 3 is 2.89 bits per heavy atom. The van der Waals surface area contributed by atoms with Gasteiger partial charge in [0.05, 0.1) is 18.1 Å². The van der Waals surface area contributed by atoms with Gasteiger partial charge in [-0.05, 0) is 5.56 Å². The van der Waals surface area contributed by atoms with Crippen LogP contribution in [0.2, 0.25) is 0 Å². The van der Waals surface area contributed by atoms with E-state index in [0.717, 1.165) is 16.9 Å². The highest BCUT2D eigenvalue weighted by Gasteiger charge is 2.14. The van der Waals surface area contributed by atoms with Crippen LogP contribution in [0.1, 0.15) is 5.56 Å². The molecule has 100 valence electrons. The topological polar surface area (TPSA) is 92.9 Å². The van der Waals surface area contributed by atoms with Gasteiger partial charge in [-0.2, -0.15) is 0 Å². The lowest BCUT2D eigenvalue weighted by Crippen LogP contribution is -2.32. The Morgan fingerprint density at radius 1 is 1.67 bits per heavy atom. The van der Waals surface area contributed by atoms with E-state index in [1.165, 1.54) is 13.2 Å². The van der Waals surface area contributed by atoms with Crippen LogP contribution in [0, 0.1) is 10.1 Å². The second-order valence-electron chi connectivity index (χ2n) is 3.65. The van der Waals surface area contributed by atoms with Crippen LogP contribution >= 0.6 is 11.3 Å². The third kappa shape index (κ3) is 4.78. The molecule has 0 saturated heterocycles. The van der Waals surface area contributed by atoms with Crippen molar-refractivity contribution in [2.75, 3.05) is 26.8 Å². The van der Waals surface area contributed by atoms with Crippen molar-refractivity contribution < 1.29 is 19.6 Å². The van der Waals surface area contributed by atoms with Crippen molar-refractivity contribution in [1.82, 2.24) is 4.90 Å². The van der Waals surface area contributed by atoms with E-state index in [0.29, 0.717) is 19.7 Å². The summed E-state index contributed by atoms with van der Waals surface area (Å²) in [6, 6.07) is 1.46. The summed E-state index contributed by atoms with van der Waals surface area (Å²) in [5.74, 6) is -0.934. The lowest BCUT2D eigenvalue weighted by molar-refractivity contribution is -0.380. The van der Waals surface area contributed by atoms with E-state index in [1.54, 1.807) is 10.3 Å². The maximum atomic E-state index is 10.7. The Hall–Kier alpha value is -1.51. The quantitative estimate of drug-likeness (QED) is 0.565. The van der Waals surface area contributed by atoms with Crippen molar-refractivity contribution in [2.45, 2.75) is 6.54 Å². The van der Waals surface area contributed by atoms with E-state index in [1.807, 2.05) is 0 Å². The van der Waals surface area contributed by atoms with Gasteiger partial charge < -0.3 is 9.84 Å². The van der Waals surface area contributed by atoms with E-state index in [-0.39, 0.29) is 11.5 Å². The van der Waals surface area contributed by atoms with Gasteiger partial charge in [0, 0.05) is 31.6 Å². The van der Waals surface area contributed by atoms with E-state index in [9.17, 15) is 14.9 Å². The van der Waals surface area contributed by atoms with Gasteiger partial charge in [-0.25, -0.2) is 0 Å². The first-order valence-corrected chi connectivity index (χ1v) is 6.05. The summed E-state index contributed by atoms with van der Waals surface area (Å²) in [5.41, 5.74) is 0.740. The van der Waals surface area contributed by atoms with Crippen LogP contribution in [-0.4, -0.2) is 47.7 Å². The van der Waals surface area contributed by atoms with Gasteiger partial charge in [-0.3, -0.25) is 19.8 Å². The number of hydrogen-bond acceptors (Lipinski definition) is 6. The smallest absolute Gasteiger partial charge is 0.324 e. The molecule has 0 atom stereocenters. The number of rotatable bonds is 8. The van der Waals surface area contributed by atoms with E-state index >= 15 is 0 Å². The van der Waals surface area contributed by atoms with Crippen molar-refractivity contribution in [2.24, 2.45) is 0 Å². The fourth-order valence-corrected chi connectivity index (χ4v) is 2.15. The van der Waals surface area contributed by atoms with Crippen molar-refractivity contribution in [3.8, 4) is 0 Å². The van der Waals surface area contributed by atoms with Gasteiger partial charge in [0.1, 0.15) is 0 Å². The monoisotopic (exact) mass is 274 g/mol. The Bertz CT molecular complexity index is 420. The van der Waals surface area contributed by atoms with Gasteiger partial charge in [0.15, 0.2) is 0 Å². The molecule has 0 fully saturated rings. The molecule has 1 heterocycles. The number of methoxy groups -OCH3 is 1. The molecule has 0 aromatic carbocycles. The van der Waals surface area contributed by atoms with Gasteiger partial charge in [-0.15, -0.1) is 0 Å². The summed E-state index contributed by atoms with van der Waals surface area (Å²) in [7, 11) is 1.54. The molecule has 0 spiro atoms. The summed E-state index contributed by atoms with van der Waals surface area (Å²) >= 11 is 1.04. The lowest BCUT2D eigenvalue weighted by atomic mass is 10.3. The summed E-state index contributed by atoms with van der Waals surface area (Å²) in [6.45, 7) is 1.12. The van der Waals surface area contributed by atoms with E-state index in [4.69, 9.17) is 9.84 Å². The second kappa shape index (κ2) is 7.04. The number of nitro groups is 1. The van der Waals surface area contributed by atoms with Gasteiger partial charge in [0.25, 0.3) is 0 Å². The molecule has 0 saturated carbocycles. The molecule has 0 amide bonds. The van der Waals surface area contributed by atoms with Crippen molar-refractivity contribution >= 4 is 22.3 Å². The first kappa shape index (κ1) is 14.6. The normalized spacial score (nSPS) is 10.8. The zero-order valence-electron chi connectivity index (χ0n) is 9.87. The number of ether oxygens (including phenoxy) is 1. The molecular weight excluding hydrogens is 260 g/mol. The second-order valence-corrected chi connectivity index (χ2v) is 4.54. The molecular formula is C10H14N2O5S. The Balaban J connectivity index is 2.62.